The Hall–Kier alpha value is -2.66. The van der Waals surface area contributed by atoms with Crippen LogP contribution < -0.4 is 4.74 Å². The highest BCUT2D eigenvalue weighted by atomic mass is 16.5. The van der Waals surface area contributed by atoms with Crippen molar-refractivity contribution in [1.82, 2.24) is 4.57 Å². The lowest BCUT2D eigenvalue weighted by Gasteiger charge is -1.97. The first-order valence-corrected chi connectivity index (χ1v) is 6.48. The van der Waals surface area contributed by atoms with Gasteiger partial charge in [0.25, 0.3) is 0 Å². The number of benzene rings is 2. The van der Waals surface area contributed by atoms with Crippen molar-refractivity contribution in [3.63, 3.8) is 0 Å². The van der Waals surface area contributed by atoms with E-state index in [0.717, 1.165) is 16.9 Å². The third-order valence-corrected chi connectivity index (χ3v) is 3.33. The molecule has 0 fully saturated rings. The monoisotopic (exact) mass is 261 g/mol. The summed E-state index contributed by atoms with van der Waals surface area (Å²) in [5.41, 5.74) is 3.24. The van der Waals surface area contributed by atoms with E-state index in [1.54, 1.807) is 7.11 Å². The molecule has 3 rings (SSSR count). The highest BCUT2D eigenvalue weighted by Crippen LogP contribution is 2.19. The summed E-state index contributed by atoms with van der Waals surface area (Å²) in [6.07, 6.45) is 2.07. The van der Waals surface area contributed by atoms with E-state index in [4.69, 9.17) is 4.74 Å². The highest BCUT2D eigenvalue weighted by Gasteiger charge is 2.02. The Morgan fingerprint density at radius 2 is 1.70 bits per heavy atom. The summed E-state index contributed by atoms with van der Waals surface area (Å²) in [6, 6.07) is 16.1. The largest absolute Gasteiger partial charge is 0.497 e. The molecule has 0 saturated heterocycles. The molecule has 0 bridgehead atoms. The number of nitrogens with zero attached hydrogens (tertiary/aromatic N) is 1. The van der Waals surface area contributed by atoms with Crippen LogP contribution in [-0.2, 0) is 7.05 Å². The first kappa shape index (κ1) is 12.4. The van der Waals surface area contributed by atoms with Crippen molar-refractivity contribution in [3.8, 4) is 17.6 Å². The van der Waals surface area contributed by atoms with Gasteiger partial charge in [0.1, 0.15) is 5.75 Å². The van der Waals surface area contributed by atoms with Gasteiger partial charge < -0.3 is 9.30 Å². The van der Waals surface area contributed by atoms with Gasteiger partial charge in [-0.05, 0) is 30.3 Å². The Morgan fingerprint density at radius 3 is 2.45 bits per heavy atom. The summed E-state index contributed by atoms with van der Waals surface area (Å²) in [6.45, 7) is 0. The van der Waals surface area contributed by atoms with Gasteiger partial charge in [-0.25, -0.2) is 0 Å². The smallest absolute Gasteiger partial charge is 0.118 e. The molecule has 0 spiro atoms. The van der Waals surface area contributed by atoms with Gasteiger partial charge in [0.2, 0.25) is 0 Å². The van der Waals surface area contributed by atoms with Gasteiger partial charge in [0, 0.05) is 29.7 Å². The number of ether oxygens (including phenoxy) is 1. The lowest BCUT2D eigenvalue weighted by atomic mass is 10.1. The molecule has 0 radical (unpaired) electrons. The summed E-state index contributed by atoms with van der Waals surface area (Å²) in [5, 5.41) is 1.19. The Kier molecular flexibility index (Phi) is 3.18. The van der Waals surface area contributed by atoms with Crippen LogP contribution in [0.1, 0.15) is 11.1 Å². The molecule has 20 heavy (non-hydrogen) atoms. The molecule has 0 aliphatic heterocycles. The summed E-state index contributed by atoms with van der Waals surface area (Å²) < 4.78 is 7.25. The van der Waals surface area contributed by atoms with Crippen LogP contribution in [0.15, 0.2) is 54.7 Å². The van der Waals surface area contributed by atoms with Crippen molar-refractivity contribution in [2.75, 3.05) is 7.11 Å². The van der Waals surface area contributed by atoms with Gasteiger partial charge in [-0.15, -0.1) is 0 Å². The molecule has 0 aliphatic carbocycles. The first-order chi connectivity index (χ1) is 9.78. The van der Waals surface area contributed by atoms with Gasteiger partial charge in [0.15, 0.2) is 0 Å². The van der Waals surface area contributed by atoms with E-state index in [-0.39, 0.29) is 0 Å². The molecule has 2 nitrogen and oxygen atoms in total. The van der Waals surface area contributed by atoms with E-state index in [9.17, 15) is 0 Å². The molecule has 0 amide bonds. The second kappa shape index (κ2) is 5.14. The number of fused-ring (bicyclic) bond motifs is 1. The third kappa shape index (κ3) is 2.26. The van der Waals surface area contributed by atoms with Crippen LogP contribution in [0.2, 0.25) is 0 Å². The molecule has 0 aliphatic rings. The van der Waals surface area contributed by atoms with Gasteiger partial charge >= 0.3 is 0 Å². The molecular weight excluding hydrogens is 246 g/mol. The molecule has 0 unspecified atom stereocenters. The van der Waals surface area contributed by atoms with Crippen LogP contribution in [0.25, 0.3) is 10.9 Å². The topological polar surface area (TPSA) is 14.2 Å². The maximum Gasteiger partial charge on any atom is 0.118 e. The zero-order valence-corrected chi connectivity index (χ0v) is 11.6. The normalized spacial score (nSPS) is 10.1. The Balaban J connectivity index is 1.99. The van der Waals surface area contributed by atoms with Crippen LogP contribution in [-0.4, -0.2) is 11.7 Å². The Labute approximate surface area is 118 Å². The lowest BCUT2D eigenvalue weighted by Crippen LogP contribution is -1.82. The van der Waals surface area contributed by atoms with E-state index >= 15 is 0 Å². The van der Waals surface area contributed by atoms with Gasteiger partial charge in [-0.2, -0.15) is 0 Å². The third-order valence-electron chi connectivity index (χ3n) is 3.33. The molecule has 1 aromatic heterocycles. The fraction of sp³-hybridized carbons (Fsp3) is 0.111. The molecule has 0 N–H and O–H groups in total. The number of para-hydroxylation sites is 1. The number of hydrogen-bond donors (Lipinski definition) is 0. The predicted octanol–water partition coefficient (Wildman–Crippen LogP) is 3.59. The molecule has 0 atom stereocenters. The van der Waals surface area contributed by atoms with Crippen LogP contribution in [0.3, 0.4) is 0 Å². The minimum Gasteiger partial charge on any atom is -0.497 e. The maximum absolute atomic E-state index is 5.14. The summed E-state index contributed by atoms with van der Waals surface area (Å²) in [4.78, 5) is 0. The standard InChI is InChI=1S/C18H15NO/c1-19-13-15(17-5-3-4-6-18(17)19)10-7-14-8-11-16(20-2)12-9-14/h3-6,8-9,11-13H,1-2H3. The van der Waals surface area contributed by atoms with Crippen LogP contribution >= 0.6 is 0 Å². The molecule has 1 heterocycles. The van der Waals surface area contributed by atoms with Crippen molar-refractivity contribution >= 4 is 10.9 Å². The summed E-state index contributed by atoms with van der Waals surface area (Å²) >= 11 is 0. The SMILES string of the molecule is COc1ccc(C#Cc2cn(C)c3ccccc23)cc1. The predicted molar refractivity (Wildman–Crippen MR) is 81.9 cm³/mol. The number of hydrogen-bond acceptors (Lipinski definition) is 1. The van der Waals surface area contributed by atoms with Crippen molar-refractivity contribution in [2.45, 2.75) is 0 Å². The van der Waals surface area contributed by atoms with Gasteiger partial charge in [-0.1, -0.05) is 30.0 Å². The zero-order valence-electron chi connectivity index (χ0n) is 11.6. The molecule has 3 aromatic rings. The molecule has 0 saturated carbocycles. The van der Waals surface area contributed by atoms with E-state index < -0.39 is 0 Å². The zero-order chi connectivity index (χ0) is 13.9. The highest BCUT2D eigenvalue weighted by molar-refractivity contribution is 5.86. The Bertz CT molecular complexity index is 801. The second-order valence-corrected chi connectivity index (χ2v) is 4.65. The van der Waals surface area contributed by atoms with Crippen molar-refractivity contribution in [1.29, 1.82) is 0 Å². The number of aromatic nitrogens is 1. The second-order valence-electron chi connectivity index (χ2n) is 4.65. The van der Waals surface area contributed by atoms with E-state index in [1.165, 1.54) is 10.9 Å². The van der Waals surface area contributed by atoms with Gasteiger partial charge in [-0.3, -0.25) is 0 Å². The van der Waals surface area contributed by atoms with E-state index in [2.05, 4.69) is 34.7 Å². The number of methoxy groups -OCH3 is 1. The molecular formula is C18H15NO. The van der Waals surface area contributed by atoms with Crippen molar-refractivity contribution in [3.05, 3.63) is 65.9 Å². The molecule has 98 valence electrons. The lowest BCUT2D eigenvalue weighted by molar-refractivity contribution is 0.415. The first-order valence-electron chi connectivity index (χ1n) is 6.48. The molecule has 2 aromatic carbocycles. The minimum atomic E-state index is 0.848. The Morgan fingerprint density at radius 1 is 0.950 bits per heavy atom. The number of rotatable bonds is 1. The van der Waals surface area contributed by atoms with Crippen molar-refractivity contribution in [2.24, 2.45) is 7.05 Å². The summed E-state index contributed by atoms with van der Waals surface area (Å²) in [7, 11) is 3.71. The van der Waals surface area contributed by atoms with Crippen LogP contribution in [0.5, 0.6) is 5.75 Å². The minimum absolute atomic E-state index is 0.848. The average molecular weight is 261 g/mol. The number of aryl methyl sites for hydroxylation is 1. The van der Waals surface area contributed by atoms with E-state index in [0.29, 0.717) is 0 Å². The quantitative estimate of drug-likeness (QED) is 0.611. The fourth-order valence-electron chi connectivity index (χ4n) is 2.26. The maximum atomic E-state index is 5.14. The summed E-state index contributed by atoms with van der Waals surface area (Å²) in [5.74, 6) is 7.30. The van der Waals surface area contributed by atoms with Crippen molar-refractivity contribution < 1.29 is 4.74 Å². The fourth-order valence-corrected chi connectivity index (χ4v) is 2.26. The van der Waals surface area contributed by atoms with Gasteiger partial charge in [0.05, 0.1) is 12.7 Å². The average Bonchev–Trinajstić information content (AvgIpc) is 2.83. The van der Waals surface area contributed by atoms with Crippen LogP contribution in [0.4, 0.5) is 0 Å². The molecule has 2 heteroatoms. The van der Waals surface area contributed by atoms with Crippen LogP contribution in [0, 0.1) is 11.8 Å². The van der Waals surface area contributed by atoms with E-state index in [1.807, 2.05) is 43.4 Å².